The number of benzene rings is 2. The summed E-state index contributed by atoms with van der Waals surface area (Å²) in [6.45, 7) is 7.11. The molecule has 2 fully saturated rings. The molecule has 0 radical (unpaired) electrons. The number of nitrogens with one attached hydrogen (secondary N) is 1. The summed E-state index contributed by atoms with van der Waals surface area (Å²) < 4.78 is 5.79. The first kappa shape index (κ1) is 24.7. The topological polar surface area (TPSA) is 82.2 Å². The summed E-state index contributed by atoms with van der Waals surface area (Å²) in [5.74, 6) is 0.125. The lowest BCUT2D eigenvalue weighted by molar-refractivity contribution is -0.138. The summed E-state index contributed by atoms with van der Waals surface area (Å²) in [7, 11) is 2.04. The van der Waals surface area contributed by atoms with Crippen molar-refractivity contribution in [2.24, 2.45) is 5.92 Å². The Morgan fingerprint density at radius 3 is 2.29 bits per heavy atom. The van der Waals surface area contributed by atoms with Crippen molar-refractivity contribution in [2.75, 3.05) is 38.5 Å². The van der Waals surface area contributed by atoms with Gasteiger partial charge in [0, 0.05) is 38.3 Å². The van der Waals surface area contributed by atoms with E-state index in [4.69, 9.17) is 4.74 Å². The second-order valence-electron chi connectivity index (χ2n) is 9.76. The minimum Gasteiger partial charge on any atom is -0.438 e. The molecule has 35 heavy (non-hydrogen) atoms. The van der Waals surface area contributed by atoms with Crippen molar-refractivity contribution in [1.82, 2.24) is 14.7 Å². The number of rotatable bonds is 7. The van der Waals surface area contributed by atoms with Gasteiger partial charge < -0.3 is 19.9 Å². The van der Waals surface area contributed by atoms with Crippen LogP contribution in [0, 0.1) is 5.92 Å². The van der Waals surface area contributed by atoms with E-state index in [0.29, 0.717) is 31.7 Å². The maximum Gasteiger partial charge on any atom is 0.411 e. The van der Waals surface area contributed by atoms with Crippen molar-refractivity contribution in [3.63, 3.8) is 0 Å². The van der Waals surface area contributed by atoms with Crippen LogP contribution in [0.1, 0.15) is 37.5 Å². The lowest BCUT2D eigenvalue weighted by Gasteiger charge is -2.36. The Morgan fingerprint density at radius 2 is 1.66 bits per heavy atom. The highest BCUT2D eigenvalue weighted by atomic mass is 16.6. The van der Waals surface area contributed by atoms with Gasteiger partial charge in [-0.3, -0.25) is 14.5 Å². The van der Waals surface area contributed by atoms with Gasteiger partial charge in [-0.05, 0) is 36.2 Å². The lowest BCUT2D eigenvalue weighted by atomic mass is 9.99. The monoisotopic (exact) mass is 478 g/mol. The van der Waals surface area contributed by atoms with E-state index >= 15 is 0 Å². The van der Waals surface area contributed by atoms with Gasteiger partial charge in [0.1, 0.15) is 0 Å². The maximum absolute atomic E-state index is 13.7. The molecule has 1 N–H and O–H groups in total. The Labute approximate surface area is 206 Å². The van der Waals surface area contributed by atoms with E-state index < -0.39 is 18.2 Å². The normalized spacial score (nSPS) is 20.7. The van der Waals surface area contributed by atoms with E-state index in [1.54, 1.807) is 17.0 Å². The molecule has 4 rings (SSSR count). The van der Waals surface area contributed by atoms with Crippen molar-refractivity contribution in [3.8, 4) is 0 Å². The Bertz CT molecular complexity index is 1030. The number of piperazine rings is 1. The van der Waals surface area contributed by atoms with Crippen LogP contribution >= 0.6 is 0 Å². The van der Waals surface area contributed by atoms with Crippen LogP contribution < -0.4 is 5.32 Å². The molecule has 8 nitrogen and oxygen atoms in total. The quantitative estimate of drug-likeness (QED) is 0.659. The number of carbonyl (C=O) groups excluding carboxylic acids is 3. The molecule has 2 saturated heterocycles. The summed E-state index contributed by atoms with van der Waals surface area (Å²) >= 11 is 0. The van der Waals surface area contributed by atoms with Gasteiger partial charge in [0.05, 0.1) is 6.54 Å². The summed E-state index contributed by atoms with van der Waals surface area (Å²) in [4.78, 5) is 44.4. The number of likely N-dealkylation sites (N-methyl/N-ethyl adjacent to an activating group) is 1. The van der Waals surface area contributed by atoms with Gasteiger partial charge in [0.15, 0.2) is 12.1 Å². The van der Waals surface area contributed by atoms with Gasteiger partial charge in [-0.1, -0.05) is 56.3 Å². The Morgan fingerprint density at radius 1 is 1.00 bits per heavy atom. The first-order valence-corrected chi connectivity index (χ1v) is 12.2. The van der Waals surface area contributed by atoms with Gasteiger partial charge >= 0.3 is 6.09 Å². The molecule has 2 atom stereocenters. The van der Waals surface area contributed by atoms with Crippen LogP contribution in [0.3, 0.4) is 0 Å². The standard InChI is InChI=1S/C27H34N4O4/c1-19(2)17-23(32)28-22-11-9-21(10-12-22)25-24(26(33)30-15-13-29(3)14-16-30)31(27(34)35-25)18-20-7-5-4-6-8-20/h4-12,19,24-25H,13-18H2,1-3H3,(H,28,32). The molecule has 0 aliphatic carbocycles. The average Bonchev–Trinajstić information content (AvgIpc) is 3.15. The van der Waals surface area contributed by atoms with Crippen LogP contribution in [0.4, 0.5) is 10.5 Å². The Kier molecular flexibility index (Phi) is 7.70. The largest absolute Gasteiger partial charge is 0.438 e. The summed E-state index contributed by atoms with van der Waals surface area (Å²) in [6, 6.07) is 16.1. The fraction of sp³-hybridized carbons (Fsp3) is 0.444. The lowest BCUT2D eigenvalue weighted by Crippen LogP contribution is -2.54. The molecule has 2 aliphatic rings. The zero-order valence-corrected chi connectivity index (χ0v) is 20.6. The van der Waals surface area contributed by atoms with Crippen LogP contribution in [-0.2, 0) is 20.9 Å². The van der Waals surface area contributed by atoms with Crippen LogP contribution in [0.15, 0.2) is 54.6 Å². The summed E-state index contributed by atoms with van der Waals surface area (Å²) in [5, 5.41) is 2.89. The van der Waals surface area contributed by atoms with Crippen LogP contribution in [0.5, 0.6) is 0 Å². The number of hydrogen-bond acceptors (Lipinski definition) is 5. The first-order chi connectivity index (χ1) is 16.8. The molecular weight excluding hydrogens is 444 g/mol. The van der Waals surface area contributed by atoms with Crippen LogP contribution in [0.2, 0.25) is 0 Å². The molecule has 186 valence electrons. The molecule has 0 saturated carbocycles. The minimum atomic E-state index is -0.757. The highest BCUT2D eigenvalue weighted by Crippen LogP contribution is 2.35. The fourth-order valence-electron chi connectivity index (χ4n) is 4.53. The number of ether oxygens (including phenoxy) is 1. The second kappa shape index (κ2) is 10.9. The molecule has 0 spiro atoms. The average molecular weight is 479 g/mol. The van der Waals surface area contributed by atoms with Crippen molar-refractivity contribution >= 4 is 23.6 Å². The van der Waals surface area contributed by atoms with E-state index in [-0.39, 0.29) is 17.7 Å². The fourth-order valence-corrected chi connectivity index (χ4v) is 4.53. The van der Waals surface area contributed by atoms with Gasteiger partial charge in [0.25, 0.3) is 0 Å². The molecule has 0 aromatic heterocycles. The zero-order valence-electron chi connectivity index (χ0n) is 20.6. The van der Waals surface area contributed by atoms with E-state index in [1.165, 1.54) is 0 Å². The zero-order chi connectivity index (χ0) is 24.9. The summed E-state index contributed by atoms with van der Waals surface area (Å²) in [5.41, 5.74) is 2.33. The molecule has 3 amide bonds. The molecule has 2 unspecified atom stereocenters. The van der Waals surface area contributed by atoms with Crippen molar-refractivity contribution in [3.05, 3.63) is 65.7 Å². The molecule has 2 heterocycles. The van der Waals surface area contributed by atoms with Crippen molar-refractivity contribution in [1.29, 1.82) is 0 Å². The highest BCUT2D eigenvalue weighted by Gasteiger charge is 2.48. The molecule has 2 aromatic rings. The minimum absolute atomic E-state index is 0.0443. The number of amides is 3. The van der Waals surface area contributed by atoms with E-state index in [1.807, 2.05) is 68.3 Å². The van der Waals surface area contributed by atoms with Crippen molar-refractivity contribution < 1.29 is 19.1 Å². The van der Waals surface area contributed by atoms with Crippen LogP contribution in [0.25, 0.3) is 0 Å². The van der Waals surface area contributed by atoms with Crippen molar-refractivity contribution in [2.45, 2.75) is 39.0 Å². The third kappa shape index (κ3) is 6.00. The number of cyclic esters (lactones) is 1. The number of anilines is 1. The molecule has 2 aliphatic heterocycles. The van der Waals surface area contributed by atoms with Gasteiger partial charge in [-0.25, -0.2) is 4.79 Å². The second-order valence-corrected chi connectivity index (χ2v) is 9.76. The predicted octanol–water partition coefficient (Wildman–Crippen LogP) is 3.51. The van der Waals surface area contributed by atoms with E-state index in [9.17, 15) is 14.4 Å². The highest BCUT2D eigenvalue weighted by molar-refractivity contribution is 5.91. The molecule has 8 heteroatoms. The first-order valence-electron chi connectivity index (χ1n) is 12.2. The summed E-state index contributed by atoms with van der Waals surface area (Å²) in [6.07, 6.45) is -0.780. The number of hydrogen-bond donors (Lipinski definition) is 1. The third-order valence-corrected chi connectivity index (χ3v) is 6.47. The van der Waals surface area contributed by atoms with Gasteiger partial charge in [0.2, 0.25) is 11.8 Å². The third-order valence-electron chi connectivity index (χ3n) is 6.47. The molecule has 2 aromatic carbocycles. The van der Waals surface area contributed by atoms with E-state index in [2.05, 4.69) is 10.2 Å². The molecule has 0 bridgehead atoms. The SMILES string of the molecule is CC(C)CC(=O)Nc1ccc(C2OC(=O)N(Cc3ccccc3)C2C(=O)N2CCN(C)CC2)cc1. The van der Waals surface area contributed by atoms with E-state index in [0.717, 1.165) is 24.2 Å². The Hall–Kier alpha value is -3.39. The number of carbonyl (C=O) groups is 3. The van der Waals surface area contributed by atoms with Crippen LogP contribution in [-0.4, -0.2) is 71.9 Å². The Balaban J connectivity index is 1.57. The predicted molar refractivity (Wildman–Crippen MR) is 134 cm³/mol. The van der Waals surface area contributed by atoms with Gasteiger partial charge in [-0.15, -0.1) is 0 Å². The smallest absolute Gasteiger partial charge is 0.411 e. The molecular formula is C27H34N4O4. The number of nitrogens with zero attached hydrogens (tertiary/aromatic N) is 3. The van der Waals surface area contributed by atoms with Gasteiger partial charge in [-0.2, -0.15) is 0 Å². The maximum atomic E-state index is 13.7.